The maximum absolute atomic E-state index is 13.1. The second-order valence-corrected chi connectivity index (χ2v) is 6.44. The van der Waals surface area contributed by atoms with Crippen LogP contribution in [0.3, 0.4) is 0 Å². The minimum absolute atomic E-state index is 0.176. The molecular formula is C24H24N2O4. The Labute approximate surface area is 176 Å². The van der Waals surface area contributed by atoms with Crippen LogP contribution in [-0.4, -0.2) is 32.1 Å². The molecule has 0 fully saturated rings. The zero-order valence-electron chi connectivity index (χ0n) is 17.0. The predicted octanol–water partition coefficient (Wildman–Crippen LogP) is 4.38. The lowest BCUT2D eigenvalue weighted by Crippen LogP contribution is -2.32. The van der Waals surface area contributed by atoms with Gasteiger partial charge in [0.2, 0.25) is 0 Å². The third kappa shape index (κ3) is 5.17. The fourth-order valence-corrected chi connectivity index (χ4v) is 2.98. The number of nitrogens with one attached hydrogen (secondary N) is 1. The van der Waals surface area contributed by atoms with Crippen molar-refractivity contribution in [2.24, 2.45) is 0 Å². The Balaban J connectivity index is 1.69. The molecule has 30 heavy (non-hydrogen) atoms. The minimum atomic E-state index is -0.353. The second kappa shape index (κ2) is 10.1. The average molecular weight is 404 g/mol. The van der Waals surface area contributed by atoms with E-state index in [0.29, 0.717) is 29.3 Å². The van der Waals surface area contributed by atoms with E-state index in [1.54, 1.807) is 60.5 Å². The highest BCUT2D eigenvalue weighted by Gasteiger charge is 2.20. The van der Waals surface area contributed by atoms with E-state index in [9.17, 15) is 9.59 Å². The van der Waals surface area contributed by atoms with Crippen LogP contribution in [0.5, 0.6) is 11.5 Å². The van der Waals surface area contributed by atoms with Crippen molar-refractivity contribution < 1.29 is 19.1 Å². The van der Waals surface area contributed by atoms with Gasteiger partial charge in [0.15, 0.2) is 6.61 Å². The van der Waals surface area contributed by atoms with Crippen molar-refractivity contribution in [3.63, 3.8) is 0 Å². The average Bonchev–Trinajstić information content (AvgIpc) is 2.79. The van der Waals surface area contributed by atoms with Crippen LogP contribution >= 0.6 is 0 Å². The highest BCUT2D eigenvalue weighted by atomic mass is 16.5. The van der Waals surface area contributed by atoms with Gasteiger partial charge in [-0.2, -0.15) is 0 Å². The lowest BCUT2D eigenvalue weighted by atomic mass is 10.1. The fourth-order valence-electron chi connectivity index (χ4n) is 2.98. The number of benzene rings is 3. The van der Waals surface area contributed by atoms with Crippen molar-refractivity contribution >= 4 is 23.2 Å². The van der Waals surface area contributed by atoms with Gasteiger partial charge < -0.3 is 19.7 Å². The van der Waals surface area contributed by atoms with Gasteiger partial charge in [-0.1, -0.05) is 30.3 Å². The van der Waals surface area contributed by atoms with Gasteiger partial charge in [0.1, 0.15) is 11.5 Å². The summed E-state index contributed by atoms with van der Waals surface area (Å²) >= 11 is 0. The van der Waals surface area contributed by atoms with E-state index >= 15 is 0 Å². The van der Waals surface area contributed by atoms with Gasteiger partial charge in [0, 0.05) is 12.2 Å². The van der Waals surface area contributed by atoms with E-state index in [4.69, 9.17) is 9.47 Å². The molecular weight excluding hydrogens is 380 g/mol. The number of carbonyl (C=O) groups excluding carboxylic acids is 2. The molecule has 0 bridgehead atoms. The maximum atomic E-state index is 13.1. The van der Waals surface area contributed by atoms with E-state index in [2.05, 4.69) is 5.32 Å². The van der Waals surface area contributed by atoms with Crippen LogP contribution in [0.15, 0.2) is 78.9 Å². The van der Waals surface area contributed by atoms with Crippen molar-refractivity contribution in [2.45, 2.75) is 6.92 Å². The van der Waals surface area contributed by atoms with Crippen molar-refractivity contribution in [2.75, 3.05) is 30.5 Å². The maximum Gasteiger partial charge on any atom is 0.262 e. The SMILES string of the molecule is CCN(C(=O)c1ccccc1NC(=O)COc1ccc(OC)cc1)c1ccccc1. The molecule has 2 amide bonds. The molecule has 3 rings (SSSR count). The van der Waals surface area contributed by atoms with Crippen LogP contribution in [-0.2, 0) is 4.79 Å². The Hall–Kier alpha value is -3.80. The molecule has 0 aliphatic carbocycles. The molecule has 6 heteroatoms. The zero-order valence-corrected chi connectivity index (χ0v) is 17.0. The van der Waals surface area contributed by atoms with Gasteiger partial charge in [0.25, 0.3) is 11.8 Å². The summed E-state index contributed by atoms with van der Waals surface area (Å²) in [6.07, 6.45) is 0. The normalized spacial score (nSPS) is 10.2. The van der Waals surface area contributed by atoms with E-state index < -0.39 is 0 Å². The van der Waals surface area contributed by atoms with E-state index in [1.807, 2.05) is 37.3 Å². The highest BCUT2D eigenvalue weighted by molar-refractivity contribution is 6.11. The standard InChI is InChI=1S/C24H24N2O4/c1-3-26(18-9-5-4-6-10-18)24(28)21-11-7-8-12-22(21)25-23(27)17-30-20-15-13-19(29-2)14-16-20/h4-16H,3,17H2,1-2H3,(H,25,27). The van der Waals surface area contributed by atoms with Crippen LogP contribution < -0.4 is 19.7 Å². The molecule has 0 heterocycles. The number of anilines is 2. The summed E-state index contributed by atoms with van der Waals surface area (Å²) in [7, 11) is 1.58. The number of amides is 2. The summed E-state index contributed by atoms with van der Waals surface area (Å²) in [4.78, 5) is 27.2. The van der Waals surface area contributed by atoms with Gasteiger partial charge in [-0.25, -0.2) is 0 Å². The number of ether oxygens (including phenoxy) is 2. The first kappa shape index (κ1) is 20.9. The minimum Gasteiger partial charge on any atom is -0.497 e. The van der Waals surface area contributed by atoms with Crippen LogP contribution in [0.1, 0.15) is 17.3 Å². The second-order valence-electron chi connectivity index (χ2n) is 6.44. The summed E-state index contributed by atoms with van der Waals surface area (Å²) in [5.74, 6) is 0.721. The molecule has 1 N–H and O–H groups in total. The summed E-state index contributed by atoms with van der Waals surface area (Å²) in [6.45, 7) is 2.24. The summed E-state index contributed by atoms with van der Waals surface area (Å²) in [5, 5.41) is 2.78. The topological polar surface area (TPSA) is 67.9 Å². The number of carbonyl (C=O) groups is 2. The molecule has 0 saturated heterocycles. The lowest BCUT2D eigenvalue weighted by Gasteiger charge is -2.22. The van der Waals surface area contributed by atoms with Gasteiger partial charge in [-0.05, 0) is 55.5 Å². The molecule has 0 unspecified atom stereocenters. The molecule has 3 aromatic carbocycles. The molecule has 0 aromatic heterocycles. The third-order valence-corrected chi connectivity index (χ3v) is 4.49. The fraction of sp³-hybridized carbons (Fsp3) is 0.167. The molecule has 0 aliphatic heterocycles. The summed E-state index contributed by atoms with van der Waals surface area (Å²) in [5.41, 5.74) is 1.66. The largest absolute Gasteiger partial charge is 0.497 e. The van der Waals surface area contributed by atoms with Gasteiger partial charge in [-0.15, -0.1) is 0 Å². The highest BCUT2D eigenvalue weighted by Crippen LogP contribution is 2.22. The number of methoxy groups -OCH3 is 1. The van der Waals surface area contributed by atoms with Crippen molar-refractivity contribution in [1.82, 2.24) is 0 Å². The molecule has 0 radical (unpaired) electrons. The van der Waals surface area contributed by atoms with E-state index in [-0.39, 0.29) is 18.4 Å². The predicted molar refractivity (Wildman–Crippen MR) is 117 cm³/mol. The third-order valence-electron chi connectivity index (χ3n) is 4.49. The number of hydrogen-bond donors (Lipinski definition) is 1. The van der Waals surface area contributed by atoms with Crippen LogP contribution in [0.4, 0.5) is 11.4 Å². The van der Waals surface area contributed by atoms with Gasteiger partial charge in [-0.3, -0.25) is 9.59 Å². The summed E-state index contributed by atoms with van der Waals surface area (Å²) in [6, 6.07) is 23.3. The summed E-state index contributed by atoms with van der Waals surface area (Å²) < 4.78 is 10.6. The molecule has 0 atom stereocenters. The van der Waals surface area contributed by atoms with Crippen LogP contribution in [0.25, 0.3) is 0 Å². The van der Waals surface area contributed by atoms with Crippen molar-refractivity contribution in [1.29, 1.82) is 0 Å². The molecule has 0 spiro atoms. The lowest BCUT2D eigenvalue weighted by molar-refractivity contribution is -0.118. The Morgan fingerprint density at radius 2 is 1.50 bits per heavy atom. The molecule has 3 aromatic rings. The van der Waals surface area contributed by atoms with Crippen molar-refractivity contribution in [3.05, 3.63) is 84.4 Å². The van der Waals surface area contributed by atoms with Crippen molar-refractivity contribution in [3.8, 4) is 11.5 Å². The van der Waals surface area contributed by atoms with E-state index in [0.717, 1.165) is 5.69 Å². The number of rotatable bonds is 8. The molecule has 154 valence electrons. The van der Waals surface area contributed by atoms with Gasteiger partial charge >= 0.3 is 0 Å². The first-order valence-electron chi connectivity index (χ1n) is 9.65. The Bertz CT molecular complexity index is 988. The first-order chi connectivity index (χ1) is 14.6. The molecule has 0 saturated carbocycles. The van der Waals surface area contributed by atoms with Crippen LogP contribution in [0.2, 0.25) is 0 Å². The Kier molecular flexibility index (Phi) is 7.05. The number of para-hydroxylation sites is 2. The zero-order chi connectivity index (χ0) is 21.3. The Morgan fingerprint density at radius 1 is 0.867 bits per heavy atom. The Morgan fingerprint density at radius 3 is 2.17 bits per heavy atom. The monoisotopic (exact) mass is 404 g/mol. The van der Waals surface area contributed by atoms with Gasteiger partial charge in [0.05, 0.1) is 18.4 Å². The smallest absolute Gasteiger partial charge is 0.262 e. The quantitative estimate of drug-likeness (QED) is 0.605. The van der Waals surface area contributed by atoms with Crippen LogP contribution in [0, 0.1) is 0 Å². The molecule has 6 nitrogen and oxygen atoms in total. The number of nitrogens with zero attached hydrogens (tertiary/aromatic N) is 1. The molecule has 0 aliphatic rings. The number of hydrogen-bond acceptors (Lipinski definition) is 4. The van der Waals surface area contributed by atoms with E-state index in [1.165, 1.54) is 0 Å². The first-order valence-corrected chi connectivity index (χ1v) is 9.65.